The van der Waals surface area contributed by atoms with E-state index >= 15 is 0 Å². The molecule has 3 heteroatoms. The second kappa shape index (κ2) is 105. The molecule has 0 radical (unpaired) electrons. The molecule has 0 unspecified atom stereocenters. The summed E-state index contributed by atoms with van der Waals surface area (Å²) in [6, 6.07) is 0. The molecule has 0 saturated heterocycles. The Hall–Kier alpha value is 0.442. The van der Waals surface area contributed by atoms with Gasteiger partial charge in [0.05, 0.1) is 0 Å². The van der Waals surface area contributed by atoms with Crippen molar-refractivity contribution in [2.75, 3.05) is 0 Å². The van der Waals surface area contributed by atoms with Crippen LogP contribution in [0.15, 0.2) is 0 Å². The Morgan fingerprint density at radius 1 is 1.50 bits per heavy atom. The standard InChI is InChI=1S/CN.ClH.Pd/c1-2;;/h;1H;/q-1;;+2/p-1. The molecule has 0 spiro atoms. The predicted molar refractivity (Wildman–Crippen MR) is 10.8 cm³/mol. The first kappa shape index (κ1) is 8.82. The molecule has 0 N–H and O–H groups in total. The average Bonchev–Trinajstić information content (AvgIpc) is 1.50. The van der Waals surface area contributed by atoms with E-state index in [1.54, 1.807) is 0 Å². The third kappa shape index (κ3) is 26.0. The zero-order valence-electron chi connectivity index (χ0n) is 1.64. The first-order valence-corrected chi connectivity index (χ1v) is 2.34. The summed E-state index contributed by atoms with van der Waals surface area (Å²) in [7, 11) is 4.49. The van der Waals surface area contributed by atoms with E-state index in [0.29, 0.717) is 0 Å². The third-order valence-corrected chi connectivity index (χ3v) is 0. The van der Waals surface area contributed by atoms with Gasteiger partial charge in [-0.05, 0) is 0 Å². The monoisotopic (exact) mass is 167 g/mol. The Balaban J connectivity index is 0. The minimum absolute atomic E-state index is 2.22. The fourth-order valence-electron chi connectivity index (χ4n) is 0. The van der Waals surface area contributed by atoms with E-state index in [2.05, 4.69) is 27.7 Å². The van der Waals surface area contributed by atoms with Gasteiger partial charge in [-0.15, -0.1) is 0 Å². The first-order chi connectivity index (χ1) is 2.00. The summed E-state index contributed by atoms with van der Waals surface area (Å²) < 4.78 is 0. The van der Waals surface area contributed by atoms with Crippen LogP contribution in [0.1, 0.15) is 0 Å². The number of halogens is 1. The maximum absolute atomic E-state index is 6.25. The molecule has 0 amide bonds. The third-order valence-electron chi connectivity index (χ3n) is 0. The fourth-order valence-corrected chi connectivity index (χ4v) is 0. The molecule has 0 aromatic rings. The van der Waals surface area contributed by atoms with Crippen LogP contribution >= 0.6 is 9.53 Å². The van der Waals surface area contributed by atoms with E-state index in [4.69, 9.17) is 11.8 Å². The topological polar surface area (TPSA) is 23.8 Å². The normalized spacial score (nSPS) is 2.25. The van der Waals surface area contributed by atoms with Gasteiger partial charge in [-0.1, -0.05) is 0 Å². The van der Waals surface area contributed by atoms with Gasteiger partial charge in [0.2, 0.25) is 0 Å². The molecule has 0 atom stereocenters. The Bertz CT molecular complexity index is 12.8. The second-order valence-electron chi connectivity index (χ2n) is 0. The van der Waals surface area contributed by atoms with Crippen LogP contribution in [0.5, 0.6) is 0 Å². The van der Waals surface area contributed by atoms with Gasteiger partial charge in [-0.2, -0.15) is 0 Å². The van der Waals surface area contributed by atoms with E-state index in [1.165, 1.54) is 0 Å². The van der Waals surface area contributed by atoms with Crippen LogP contribution < -0.4 is 0 Å². The molecule has 0 aromatic carbocycles. The van der Waals surface area contributed by atoms with E-state index in [9.17, 15) is 0 Å². The van der Waals surface area contributed by atoms with Gasteiger partial charge in [-0.25, -0.2) is 0 Å². The summed E-state index contributed by atoms with van der Waals surface area (Å²) in [5, 5.41) is 6.25. The molecule has 0 heterocycles. The van der Waals surface area contributed by atoms with Gasteiger partial charge in [0.25, 0.3) is 0 Å². The molecule has 0 aliphatic rings. The molecule has 0 aliphatic carbocycles. The number of rotatable bonds is 0. The number of nitrogens with zero attached hydrogens (tertiary/aromatic N) is 1. The Morgan fingerprint density at radius 3 is 1.50 bits per heavy atom. The Labute approximate surface area is 39.9 Å². The van der Waals surface area contributed by atoms with Crippen LogP contribution in [-0.4, -0.2) is 0 Å². The van der Waals surface area contributed by atoms with Gasteiger partial charge in [0.1, 0.15) is 0 Å². The van der Waals surface area contributed by atoms with E-state index in [-0.39, 0.29) is 0 Å². The first-order valence-electron chi connectivity index (χ1n) is 0.343. The Morgan fingerprint density at radius 2 is 1.50 bits per heavy atom. The molecule has 0 bridgehead atoms. The van der Waals surface area contributed by atoms with Crippen molar-refractivity contribution in [1.82, 2.24) is 0 Å². The minimum atomic E-state index is 2.22. The van der Waals surface area contributed by atoms with Gasteiger partial charge < -0.3 is 11.8 Å². The molecule has 26 valence electrons. The van der Waals surface area contributed by atoms with Gasteiger partial charge in [0, 0.05) is 0 Å². The zero-order chi connectivity index (χ0) is 4.00. The molecule has 4 heavy (non-hydrogen) atoms. The molecular formula is CClNPd. The van der Waals surface area contributed by atoms with Crippen LogP contribution in [-0.2, 0) is 18.2 Å². The summed E-state index contributed by atoms with van der Waals surface area (Å²) >= 11 is 2.22. The molecular weight excluding hydrogens is 168 g/mol. The van der Waals surface area contributed by atoms with E-state index < -0.39 is 0 Å². The molecule has 0 aliphatic heterocycles. The summed E-state index contributed by atoms with van der Waals surface area (Å²) in [6.07, 6.45) is 0. The van der Waals surface area contributed by atoms with Crippen molar-refractivity contribution >= 4 is 9.53 Å². The summed E-state index contributed by atoms with van der Waals surface area (Å²) in [4.78, 5) is 0. The van der Waals surface area contributed by atoms with Crippen molar-refractivity contribution in [2.24, 2.45) is 0 Å². The SMILES string of the molecule is [C-]#N.[Cl][Pd+]. The average molecular weight is 168 g/mol. The molecule has 1 nitrogen and oxygen atoms in total. The molecule has 0 fully saturated rings. The molecule has 0 aromatic heterocycles. The summed E-state index contributed by atoms with van der Waals surface area (Å²) in [6.45, 7) is 4.75. The van der Waals surface area contributed by atoms with Crippen LogP contribution in [0.4, 0.5) is 0 Å². The predicted octanol–water partition coefficient (Wildman–Crippen LogP) is 0.783. The van der Waals surface area contributed by atoms with Crippen molar-refractivity contribution < 1.29 is 18.2 Å². The summed E-state index contributed by atoms with van der Waals surface area (Å²) in [5.74, 6) is 0. The molecule has 0 saturated carbocycles. The van der Waals surface area contributed by atoms with Crippen LogP contribution in [0.25, 0.3) is 0 Å². The Kier molecular flexibility index (Phi) is 232. The van der Waals surface area contributed by atoms with Crippen molar-refractivity contribution in [3.05, 3.63) is 6.57 Å². The number of hydrogen-bond acceptors (Lipinski definition) is 1. The van der Waals surface area contributed by atoms with E-state index in [0.717, 1.165) is 0 Å². The van der Waals surface area contributed by atoms with Gasteiger partial charge >= 0.3 is 27.7 Å². The summed E-state index contributed by atoms with van der Waals surface area (Å²) in [5.41, 5.74) is 0. The van der Waals surface area contributed by atoms with Gasteiger partial charge in [-0.3, -0.25) is 0 Å². The second-order valence-corrected chi connectivity index (χ2v) is 0. The molecule has 0 rings (SSSR count). The quantitative estimate of drug-likeness (QED) is 0.387. The van der Waals surface area contributed by atoms with Crippen LogP contribution in [0.3, 0.4) is 0 Å². The maximum atomic E-state index is 6.25. The van der Waals surface area contributed by atoms with Crippen LogP contribution in [0, 0.1) is 11.8 Å². The zero-order valence-corrected chi connectivity index (χ0v) is 3.95. The van der Waals surface area contributed by atoms with Crippen LogP contribution in [0.2, 0.25) is 0 Å². The van der Waals surface area contributed by atoms with E-state index in [1.807, 2.05) is 0 Å². The number of hydrogen-bond donors (Lipinski definition) is 0. The van der Waals surface area contributed by atoms with Gasteiger partial charge in [0.15, 0.2) is 0 Å². The van der Waals surface area contributed by atoms with Crippen molar-refractivity contribution in [2.45, 2.75) is 0 Å². The van der Waals surface area contributed by atoms with Crippen molar-refractivity contribution in [1.29, 1.82) is 5.26 Å². The fraction of sp³-hybridized carbons (Fsp3) is 0. The van der Waals surface area contributed by atoms with Crippen molar-refractivity contribution in [3.8, 4) is 0 Å². The van der Waals surface area contributed by atoms with Crippen molar-refractivity contribution in [3.63, 3.8) is 0 Å².